The maximum atomic E-state index is 11.8. The van der Waals surface area contributed by atoms with Gasteiger partial charge in [-0.05, 0) is 46.1 Å². The molecule has 1 heterocycles. The Morgan fingerprint density at radius 2 is 2.00 bits per heavy atom. The van der Waals surface area contributed by atoms with Crippen molar-refractivity contribution >= 4 is 11.9 Å². The fraction of sp³-hybridized carbons (Fsp3) is 0.882. The zero-order valence-electron chi connectivity index (χ0n) is 15.7. The first-order valence-corrected chi connectivity index (χ1v) is 8.71. The van der Waals surface area contributed by atoms with Gasteiger partial charge < -0.3 is 16.0 Å². The predicted molar refractivity (Wildman–Crippen MR) is 96.7 cm³/mol. The number of carbonyl (C=O) groups excluding carboxylic acids is 1. The summed E-state index contributed by atoms with van der Waals surface area (Å²) >= 11 is 0. The number of guanidine groups is 1. The maximum absolute atomic E-state index is 11.8. The van der Waals surface area contributed by atoms with Crippen molar-refractivity contribution in [2.45, 2.75) is 59.0 Å². The third-order valence-electron chi connectivity index (χ3n) is 3.76. The topological polar surface area (TPSA) is 68.8 Å². The van der Waals surface area contributed by atoms with Gasteiger partial charge in [-0.1, -0.05) is 13.8 Å². The van der Waals surface area contributed by atoms with Crippen LogP contribution in [0.25, 0.3) is 0 Å². The second-order valence-electron chi connectivity index (χ2n) is 7.79. The highest BCUT2D eigenvalue weighted by Crippen LogP contribution is 2.17. The second kappa shape index (κ2) is 9.11. The minimum atomic E-state index is -0.211. The fourth-order valence-corrected chi connectivity index (χ4v) is 2.90. The highest BCUT2D eigenvalue weighted by Gasteiger charge is 2.24. The lowest BCUT2D eigenvalue weighted by Crippen LogP contribution is -2.50. The molecule has 1 amide bonds. The van der Waals surface area contributed by atoms with E-state index in [9.17, 15) is 4.79 Å². The summed E-state index contributed by atoms with van der Waals surface area (Å²) in [7, 11) is 1.73. The summed E-state index contributed by atoms with van der Waals surface area (Å²) in [5.74, 6) is 1.35. The third-order valence-corrected chi connectivity index (χ3v) is 3.76. The zero-order chi connectivity index (χ0) is 17.5. The number of hydrogen-bond donors (Lipinski definition) is 3. The lowest BCUT2D eigenvalue weighted by molar-refractivity contribution is -0.121. The Morgan fingerprint density at radius 1 is 1.30 bits per heavy atom. The van der Waals surface area contributed by atoms with Crippen molar-refractivity contribution in [1.29, 1.82) is 0 Å². The summed E-state index contributed by atoms with van der Waals surface area (Å²) in [5.41, 5.74) is -0.211. The van der Waals surface area contributed by atoms with E-state index in [-0.39, 0.29) is 18.0 Å². The molecular formula is C17H35N5O. The molecule has 3 N–H and O–H groups in total. The molecule has 0 unspecified atom stereocenters. The van der Waals surface area contributed by atoms with Gasteiger partial charge in [0.05, 0.1) is 6.54 Å². The Hall–Kier alpha value is -1.30. The monoisotopic (exact) mass is 325 g/mol. The maximum Gasteiger partial charge on any atom is 0.239 e. The highest BCUT2D eigenvalue weighted by atomic mass is 16.2. The van der Waals surface area contributed by atoms with Crippen molar-refractivity contribution < 1.29 is 4.79 Å². The Labute approximate surface area is 141 Å². The largest absolute Gasteiger partial charge is 0.355 e. The number of amides is 1. The molecule has 23 heavy (non-hydrogen) atoms. The smallest absolute Gasteiger partial charge is 0.239 e. The SMILES string of the molecule is CN=C(NCC(=O)NC(C)(C)C)NC[C@H]1CCCN1CC(C)C. The van der Waals surface area contributed by atoms with Gasteiger partial charge in [0.1, 0.15) is 0 Å². The molecule has 0 aromatic rings. The molecule has 6 heteroatoms. The Kier molecular flexibility index (Phi) is 7.82. The highest BCUT2D eigenvalue weighted by molar-refractivity contribution is 5.86. The standard InChI is InChI=1S/C17H35N5O/c1-13(2)12-22-9-7-8-14(22)10-19-16(18-6)20-11-15(23)21-17(3,4)5/h13-14H,7-12H2,1-6H3,(H,21,23)(H2,18,19,20)/t14-/m1/s1. The molecular weight excluding hydrogens is 290 g/mol. The summed E-state index contributed by atoms with van der Waals surface area (Å²) in [4.78, 5) is 18.6. The van der Waals surface area contributed by atoms with Crippen LogP contribution in [-0.2, 0) is 4.79 Å². The van der Waals surface area contributed by atoms with E-state index >= 15 is 0 Å². The molecule has 0 spiro atoms. The first-order chi connectivity index (χ1) is 10.7. The van der Waals surface area contributed by atoms with Crippen LogP contribution >= 0.6 is 0 Å². The van der Waals surface area contributed by atoms with Gasteiger partial charge in [0, 0.05) is 31.7 Å². The van der Waals surface area contributed by atoms with Crippen molar-refractivity contribution in [1.82, 2.24) is 20.9 Å². The third kappa shape index (κ3) is 8.21. The van der Waals surface area contributed by atoms with Crippen LogP contribution in [-0.4, -0.2) is 61.6 Å². The molecule has 1 rings (SSSR count). The van der Waals surface area contributed by atoms with Gasteiger partial charge in [0.25, 0.3) is 0 Å². The van der Waals surface area contributed by atoms with Crippen LogP contribution < -0.4 is 16.0 Å². The van der Waals surface area contributed by atoms with Gasteiger partial charge in [0.15, 0.2) is 5.96 Å². The van der Waals surface area contributed by atoms with E-state index in [1.54, 1.807) is 7.05 Å². The van der Waals surface area contributed by atoms with Crippen LogP contribution in [0.15, 0.2) is 4.99 Å². The summed E-state index contributed by atoms with van der Waals surface area (Å²) < 4.78 is 0. The van der Waals surface area contributed by atoms with Crippen LogP contribution in [0.5, 0.6) is 0 Å². The van der Waals surface area contributed by atoms with Crippen molar-refractivity contribution in [3.8, 4) is 0 Å². The van der Waals surface area contributed by atoms with E-state index in [0.29, 0.717) is 17.9 Å². The molecule has 134 valence electrons. The van der Waals surface area contributed by atoms with Gasteiger partial charge in [-0.15, -0.1) is 0 Å². The Morgan fingerprint density at radius 3 is 2.57 bits per heavy atom. The van der Waals surface area contributed by atoms with E-state index in [4.69, 9.17) is 0 Å². The van der Waals surface area contributed by atoms with Crippen LogP contribution in [0.3, 0.4) is 0 Å². The van der Waals surface area contributed by atoms with Crippen LogP contribution in [0.2, 0.25) is 0 Å². The van der Waals surface area contributed by atoms with Crippen molar-refractivity contribution in [2.24, 2.45) is 10.9 Å². The van der Waals surface area contributed by atoms with Crippen LogP contribution in [0.1, 0.15) is 47.5 Å². The average Bonchev–Trinajstić information content (AvgIpc) is 2.83. The number of rotatable bonds is 6. The van der Waals surface area contributed by atoms with E-state index < -0.39 is 0 Å². The normalized spacial score (nSPS) is 20.0. The van der Waals surface area contributed by atoms with Gasteiger partial charge in [0.2, 0.25) is 5.91 Å². The number of nitrogens with one attached hydrogen (secondary N) is 3. The fourth-order valence-electron chi connectivity index (χ4n) is 2.90. The van der Waals surface area contributed by atoms with Crippen molar-refractivity contribution in [2.75, 3.05) is 33.2 Å². The van der Waals surface area contributed by atoms with Gasteiger partial charge >= 0.3 is 0 Å². The summed E-state index contributed by atoms with van der Waals surface area (Å²) in [6, 6.07) is 0.555. The summed E-state index contributed by atoms with van der Waals surface area (Å²) in [6.07, 6.45) is 2.49. The average molecular weight is 326 g/mol. The molecule has 1 saturated heterocycles. The second-order valence-corrected chi connectivity index (χ2v) is 7.79. The quantitative estimate of drug-likeness (QED) is 0.507. The first kappa shape index (κ1) is 19.7. The number of nitrogens with zero attached hydrogens (tertiary/aromatic N) is 2. The summed E-state index contributed by atoms with van der Waals surface area (Å²) in [5, 5.41) is 9.36. The molecule has 0 aliphatic carbocycles. The molecule has 0 radical (unpaired) electrons. The van der Waals surface area contributed by atoms with Crippen molar-refractivity contribution in [3.05, 3.63) is 0 Å². The predicted octanol–water partition coefficient (Wildman–Crippen LogP) is 1.19. The lowest BCUT2D eigenvalue weighted by atomic mass is 10.1. The minimum absolute atomic E-state index is 0.0252. The number of aliphatic imine (C=N–C) groups is 1. The molecule has 1 atom stereocenters. The van der Waals surface area contributed by atoms with Crippen LogP contribution in [0, 0.1) is 5.92 Å². The molecule has 1 aliphatic rings. The lowest BCUT2D eigenvalue weighted by Gasteiger charge is -2.27. The molecule has 1 fully saturated rings. The number of likely N-dealkylation sites (tertiary alicyclic amines) is 1. The minimum Gasteiger partial charge on any atom is -0.355 e. The molecule has 0 aromatic carbocycles. The number of carbonyl (C=O) groups is 1. The Balaban J connectivity index is 2.35. The molecule has 0 aromatic heterocycles. The van der Waals surface area contributed by atoms with Gasteiger partial charge in [-0.2, -0.15) is 0 Å². The van der Waals surface area contributed by atoms with Gasteiger partial charge in [-0.3, -0.25) is 14.7 Å². The van der Waals surface area contributed by atoms with Crippen LogP contribution in [0.4, 0.5) is 0 Å². The van der Waals surface area contributed by atoms with E-state index in [0.717, 1.165) is 13.1 Å². The number of hydrogen-bond acceptors (Lipinski definition) is 3. The van der Waals surface area contributed by atoms with E-state index in [1.165, 1.54) is 19.4 Å². The zero-order valence-corrected chi connectivity index (χ0v) is 15.7. The molecule has 6 nitrogen and oxygen atoms in total. The van der Waals surface area contributed by atoms with Gasteiger partial charge in [-0.25, -0.2) is 0 Å². The first-order valence-electron chi connectivity index (χ1n) is 8.71. The summed E-state index contributed by atoms with van der Waals surface area (Å²) in [6.45, 7) is 13.9. The molecule has 0 saturated carbocycles. The van der Waals surface area contributed by atoms with E-state index in [1.807, 2.05) is 20.8 Å². The van der Waals surface area contributed by atoms with Crippen molar-refractivity contribution in [3.63, 3.8) is 0 Å². The molecule has 0 bridgehead atoms. The molecule has 1 aliphatic heterocycles. The Bertz CT molecular complexity index is 400. The van der Waals surface area contributed by atoms with E-state index in [2.05, 4.69) is 39.7 Å².